The van der Waals surface area contributed by atoms with Crippen molar-refractivity contribution in [2.75, 3.05) is 39.8 Å². The van der Waals surface area contributed by atoms with Gasteiger partial charge in [0.05, 0.1) is 0 Å². The first-order chi connectivity index (χ1) is 8.86. The highest BCUT2D eigenvalue weighted by Crippen LogP contribution is 2.08. The Morgan fingerprint density at radius 2 is 1.68 bits per heavy atom. The van der Waals surface area contributed by atoms with Crippen LogP contribution < -0.4 is 10.6 Å². The maximum atomic E-state index is 4.24. The molecule has 0 saturated carbocycles. The average Bonchev–Trinajstić information content (AvgIpc) is 2.66. The third kappa shape index (κ3) is 9.49. The minimum absolute atomic E-state index is 0. The molecule has 2 N–H and O–H groups in total. The minimum atomic E-state index is 0. The second-order valence-corrected chi connectivity index (χ2v) is 5.04. The zero-order valence-electron chi connectivity index (χ0n) is 12.6. The Morgan fingerprint density at radius 1 is 1.05 bits per heavy atom. The lowest BCUT2D eigenvalue weighted by Gasteiger charge is -2.20. The van der Waals surface area contributed by atoms with Gasteiger partial charge in [-0.15, -0.1) is 24.0 Å². The third-order valence-corrected chi connectivity index (χ3v) is 3.47. The van der Waals surface area contributed by atoms with Gasteiger partial charge in [-0.05, 0) is 32.4 Å². The summed E-state index contributed by atoms with van der Waals surface area (Å²) >= 11 is 0. The Labute approximate surface area is 135 Å². The second kappa shape index (κ2) is 13.0. The van der Waals surface area contributed by atoms with E-state index in [0.717, 1.165) is 25.6 Å². The molecular weight excluding hydrogens is 351 g/mol. The van der Waals surface area contributed by atoms with Crippen molar-refractivity contribution >= 4 is 29.9 Å². The summed E-state index contributed by atoms with van der Waals surface area (Å²) in [7, 11) is 1.84. The highest BCUT2D eigenvalue weighted by Gasteiger charge is 2.08. The van der Waals surface area contributed by atoms with Gasteiger partial charge in [0.1, 0.15) is 0 Å². The van der Waals surface area contributed by atoms with E-state index in [1.807, 2.05) is 7.05 Å². The SMILES string of the molecule is CCCCNC(=NC)NCCN1CCCCCC1.I. The van der Waals surface area contributed by atoms with E-state index in [4.69, 9.17) is 0 Å². The molecule has 0 aliphatic carbocycles. The lowest BCUT2D eigenvalue weighted by Crippen LogP contribution is -2.42. The molecule has 0 spiro atoms. The number of rotatable bonds is 6. The summed E-state index contributed by atoms with van der Waals surface area (Å²) in [6.07, 6.45) is 7.96. The van der Waals surface area contributed by atoms with Crippen molar-refractivity contribution in [3.8, 4) is 0 Å². The lowest BCUT2D eigenvalue weighted by atomic mass is 10.2. The smallest absolute Gasteiger partial charge is 0.191 e. The molecular formula is C14H31IN4. The van der Waals surface area contributed by atoms with E-state index in [0.29, 0.717) is 0 Å². The molecule has 0 amide bonds. The number of nitrogens with zero attached hydrogens (tertiary/aromatic N) is 2. The first-order valence-corrected chi connectivity index (χ1v) is 7.53. The molecule has 0 atom stereocenters. The van der Waals surface area contributed by atoms with Crippen LogP contribution in [0.3, 0.4) is 0 Å². The van der Waals surface area contributed by atoms with Crippen molar-refractivity contribution in [3.05, 3.63) is 0 Å². The van der Waals surface area contributed by atoms with E-state index in [-0.39, 0.29) is 24.0 Å². The largest absolute Gasteiger partial charge is 0.356 e. The predicted octanol–water partition coefficient (Wildman–Crippen LogP) is 2.45. The Bertz CT molecular complexity index is 225. The number of aliphatic imine (C=N–C) groups is 1. The fourth-order valence-corrected chi connectivity index (χ4v) is 2.30. The maximum absolute atomic E-state index is 4.24. The van der Waals surface area contributed by atoms with Crippen molar-refractivity contribution in [2.45, 2.75) is 45.4 Å². The van der Waals surface area contributed by atoms with Gasteiger partial charge >= 0.3 is 0 Å². The maximum Gasteiger partial charge on any atom is 0.191 e. The van der Waals surface area contributed by atoms with Crippen molar-refractivity contribution in [2.24, 2.45) is 4.99 Å². The molecule has 0 aromatic carbocycles. The number of unbranched alkanes of at least 4 members (excludes halogenated alkanes) is 1. The van der Waals surface area contributed by atoms with Gasteiger partial charge in [-0.1, -0.05) is 26.2 Å². The van der Waals surface area contributed by atoms with Gasteiger partial charge < -0.3 is 15.5 Å². The summed E-state index contributed by atoms with van der Waals surface area (Å²) in [6.45, 7) is 7.88. The molecule has 1 aliphatic heterocycles. The summed E-state index contributed by atoms with van der Waals surface area (Å²) < 4.78 is 0. The molecule has 1 fully saturated rings. The fraction of sp³-hybridized carbons (Fsp3) is 0.929. The normalized spacial score (nSPS) is 17.5. The number of likely N-dealkylation sites (tertiary alicyclic amines) is 1. The molecule has 19 heavy (non-hydrogen) atoms. The Morgan fingerprint density at radius 3 is 2.26 bits per heavy atom. The molecule has 1 heterocycles. The van der Waals surface area contributed by atoms with Crippen LogP contribution >= 0.6 is 24.0 Å². The fourth-order valence-electron chi connectivity index (χ4n) is 2.30. The van der Waals surface area contributed by atoms with Gasteiger partial charge in [0, 0.05) is 26.7 Å². The second-order valence-electron chi connectivity index (χ2n) is 5.04. The molecule has 0 aromatic rings. The van der Waals surface area contributed by atoms with Gasteiger partial charge in [-0.2, -0.15) is 0 Å². The topological polar surface area (TPSA) is 39.7 Å². The summed E-state index contributed by atoms with van der Waals surface area (Å²) in [5, 5.41) is 6.73. The number of hydrogen-bond donors (Lipinski definition) is 2. The standard InChI is InChI=1S/C14H30N4.HI/c1-3-4-9-16-14(15-2)17-10-13-18-11-7-5-6-8-12-18;/h3-13H2,1-2H3,(H2,15,16,17);1H. The zero-order valence-corrected chi connectivity index (χ0v) is 14.9. The van der Waals surface area contributed by atoms with E-state index < -0.39 is 0 Å². The minimum Gasteiger partial charge on any atom is -0.356 e. The third-order valence-electron chi connectivity index (χ3n) is 3.47. The predicted molar refractivity (Wildman–Crippen MR) is 94.6 cm³/mol. The number of halogens is 1. The van der Waals surface area contributed by atoms with Crippen LogP contribution in [-0.2, 0) is 0 Å². The number of guanidine groups is 1. The monoisotopic (exact) mass is 382 g/mol. The average molecular weight is 382 g/mol. The zero-order chi connectivity index (χ0) is 13.1. The van der Waals surface area contributed by atoms with E-state index >= 15 is 0 Å². The van der Waals surface area contributed by atoms with Crippen LogP contribution in [0.25, 0.3) is 0 Å². The summed E-state index contributed by atoms with van der Waals surface area (Å²) in [5.74, 6) is 0.943. The van der Waals surface area contributed by atoms with Gasteiger partial charge in [0.2, 0.25) is 0 Å². The highest BCUT2D eigenvalue weighted by atomic mass is 127. The van der Waals surface area contributed by atoms with E-state index in [2.05, 4.69) is 27.4 Å². The van der Waals surface area contributed by atoms with Crippen LogP contribution in [0.5, 0.6) is 0 Å². The van der Waals surface area contributed by atoms with Crippen molar-refractivity contribution in [1.82, 2.24) is 15.5 Å². The van der Waals surface area contributed by atoms with Crippen LogP contribution in [0.2, 0.25) is 0 Å². The van der Waals surface area contributed by atoms with Gasteiger partial charge in [-0.3, -0.25) is 4.99 Å². The molecule has 1 saturated heterocycles. The van der Waals surface area contributed by atoms with E-state index in [1.54, 1.807) is 0 Å². The van der Waals surface area contributed by atoms with Crippen molar-refractivity contribution in [1.29, 1.82) is 0 Å². The van der Waals surface area contributed by atoms with Crippen molar-refractivity contribution in [3.63, 3.8) is 0 Å². The quantitative estimate of drug-likeness (QED) is 0.321. The Balaban J connectivity index is 0.00000324. The van der Waals surface area contributed by atoms with Crippen molar-refractivity contribution < 1.29 is 0 Å². The molecule has 114 valence electrons. The Hall–Kier alpha value is -0.0400. The molecule has 1 aliphatic rings. The van der Waals surface area contributed by atoms with Gasteiger partial charge in [-0.25, -0.2) is 0 Å². The molecule has 5 heteroatoms. The molecule has 0 aromatic heterocycles. The van der Waals surface area contributed by atoms with E-state index in [1.165, 1.54) is 51.6 Å². The molecule has 1 rings (SSSR count). The van der Waals surface area contributed by atoms with Crippen LogP contribution in [-0.4, -0.2) is 50.6 Å². The first kappa shape index (κ1) is 19.0. The van der Waals surface area contributed by atoms with Crippen LogP contribution in [0.15, 0.2) is 4.99 Å². The van der Waals surface area contributed by atoms with Gasteiger partial charge in [0.15, 0.2) is 5.96 Å². The van der Waals surface area contributed by atoms with Gasteiger partial charge in [0.25, 0.3) is 0 Å². The number of hydrogen-bond acceptors (Lipinski definition) is 2. The van der Waals surface area contributed by atoms with Crippen LogP contribution in [0.4, 0.5) is 0 Å². The summed E-state index contributed by atoms with van der Waals surface area (Å²) in [6, 6.07) is 0. The molecule has 0 radical (unpaired) electrons. The Kier molecular flexibility index (Phi) is 12.9. The molecule has 4 nitrogen and oxygen atoms in total. The molecule has 0 unspecified atom stereocenters. The first-order valence-electron chi connectivity index (χ1n) is 7.53. The van der Waals surface area contributed by atoms with E-state index in [9.17, 15) is 0 Å². The van der Waals surface area contributed by atoms with Crippen LogP contribution in [0, 0.1) is 0 Å². The summed E-state index contributed by atoms with van der Waals surface area (Å²) in [5.41, 5.74) is 0. The number of nitrogens with one attached hydrogen (secondary N) is 2. The summed E-state index contributed by atoms with van der Waals surface area (Å²) in [4.78, 5) is 6.81. The highest BCUT2D eigenvalue weighted by molar-refractivity contribution is 14.0. The lowest BCUT2D eigenvalue weighted by molar-refractivity contribution is 0.289. The van der Waals surface area contributed by atoms with Crippen LogP contribution in [0.1, 0.15) is 45.4 Å². The molecule has 0 bridgehead atoms.